The fourth-order valence-corrected chi connectivity index (χ4v) is 2.04. The Kier molecular flexibility index (Phi) is 3.77. The number of hydrogen-bond acceptors (Lipinski definition) is 2. The van der Waals surface area contributed by atoms with Crippen LogP contribution in [-0.4, -0.2) is 12.7 Å². The third-order valence-corrected chi connectivity index (χ3v) is 2.99. The summed E-state index contributed by atoms with van der Waals surface area (Å²) in [6.07, 6.45) is -10.6. The molecule has 3 nitrogen and oxygen atoms in total. The van der Waals surface area contributed by atoms with Crippen LogP contribution in [0.25, 0.3) is 0 Å². The number of carbonyl (C=O) groups is 1. The van der Waals surface area contributed by atoms with Crippen molar-refractivity contribution in [3.63, 3.8) is 0 Å². The maximum atomic E-state index is 12.9. The molecule has 1 aliphatic heterocycles. The van der Waals surface area contributed by atoms with E-state index in [1.807, 2.05) is 0 Å². The first-order chi connectivity index (χ1) is 9.59. The minimum Gasteiger partial charge on any atom is -0.449 e. The maximum Gasteiger partial charge on any atom is 0.416 e. The highest BCUT2D eigenvalue weighted by molar-refractivity contribution is 5.68. The molecule has 1 aromatic rings. The Morgan fingerprint density at radius 3 is 2.29 bits per heavy atom. The van der Waals surface area contributed by atoms with Crippen LogP contribution in [0.2, 0.25) is 0 Å². The highest BCUT2D eigenvalue weighted by atomic mass is 19.4. The highest BCUT2D eigenvalue weighted by Crippen LogP contribution is 2.39. The van der Waals surface area contributed by atoms with Crippen molar-refractivity contribution >= 4 is 6.09 Å². The Labute approximate surface area is 114 Å². The van der Waals surface area contributed by atoms with Crippen molar-refractivity contribution in [3.8, 4) is 0 Å². The molecule has 1 aromatic carbocycles. The van der Waals surface area contributed by atoms with Crippen LogP contribution in [-0.2, 0) is 17.1 Å². The number of alkyl carbamates (subject to hydrolysis) is 1. The molecule has 0 aliphatic carbocycles. The Morgan fingerprint density at radius 1 is 1.10 bits per heavy atom. The summed E-state index contributed by atoms with van der Waals surface area (Å²) in [5.41, 5.74) is -3.03. The first-order valence-corrected chi connectivity index (χ1v) is 5.80. The first kappa shape index (κ1) is 15.5. The molecule has 116 valence electrons. The number of cyclic esters (lactones) is 1. The minimum absolute atomic E-state index is 0.0455. The lowest BCUT2D eigenvalue weighted by Crippen LogP contribution is -2.36. The molecule has 1 atom stereocenters. The molecule has 0 saturated carbocycles. The summed E-state index contributed by atoms with van der Waals surface area (Å²) >= 11 is 0. The zero-order valence-corrected chi connectivity index (χ0v) is 10.3. The Bertz CT molecular complexity index is 552. The minimum atomic E-state index is -4.82. The molecule has 21 heavy (non-hydrogen) atoms. The SMILES string of the molecule is O=C1N[C@H](c2cc(C(F)(F)F)ccc2C(F)(F)F)CCO1. The molecule has 0 unspecified atom stereocenters. The zero-order valence-electron chi connectivity index (χ0n) is 10.3. The summed E-state index contributed by atoms with van der Waals surface area (Å²) in [6, 6.07) is -0.0167. The average Bonchev–Trinajstić information content (AvgIpc) is 2.36. The van der Waals surface area contributed by atoms with Crippen molar-refractivity contribution in [1.82, 2.24) is 5.32 Å². The second kappa shape index (κ2) is 5.12. The summed E-state index contributed by atoms with van der Waals surface area (Å²) in [4.78, 5) is 11.1. The van der Waals surface area contributed by atoms with Gasteiger partial charge in [0.1, 0.15) is 0 Å². The second-order valence-electron chi connectivity index (χ2n) is 4.42. The van der Waals surface area contributed by atoms with Crippen molar-refractivity contribution in [2.75, 3.05) is 6.61 Å². The van der Waals surface area contributed by atoms with E-state index in [1.165, 1.54) is 0 Å². The van der Waals surface area contributed by atoms with Gasteiger partial charge in [-0.25, -0.2) is 4.79 Å². The molecule has 1 aliphatic rings. The fourth-order valence-electron chi connectivity index (χ4n) is 2.04. The number of amides is 1. The molecule has 1 saturated heterocycles. The second-order valence-corrected chi connectivity index (χ2v) is 4.42. The smallest absolute Gasteiger partial charge is 0.416 e. The molecule has 1 heterocycles. The molecule has 0 spiro atoms. The molecule has 1 N–H and O–H groups in total. The molecule has 2 rings (SSSR count). The highest BCUT2D eigenvalue weighted by Gasteiger charge is 2.39. The van der Waals surface area contributed by atoms with Crippen molar-refractivity contribution < 1.29 is 35.9 Å². The summed E-state index contributed by atoms with van der Waals surface area (Å²) < 4.78 is 81.1. The van der Waals surface area contributed by atoms with E-state index in [-0.39, 0.29) is 13.0 Å². The Hall–Kier alpha value is -1.93. The van der Waals surface area contributed by atoms with Crippen molar-refractivity contribution in [2.45, 2.75) is 24.8 Å². The van der Waals surface area contributed by atoms with Crippen LogP contribution < -0.4 is 5.32 Å². The first-order valence-electron chi connectivity index (χ1n) is 5.80. The van der Waals surface area contributed by atoms with Gasteiger partial charge in [-0.05, 0) is 23.8 Å². The van der Waals surface area contributed by atoms with E-state index in [0.29, 0.717) is 18.2 Å². The monoisotopic (exact) mass is 313 g/mol. The predicted molar refractivity (Wildman–Crippen MR) is 58.3 cm³/mol. The summed E-state index contributed by atoms with van der Waals surface area (Å²) in [7, 11) is 0. The van der Waals surface area contributed by atoms with Gasteiger partial charge < -0.3 is 10.1 Å². The van der Waals surface area contributed by atoms with E-state index in [1.54, 1.807) is 0 Å². The molecule has 0 aromatic heterocycles. The summed E-state index contributed by atoms with van der Waals surface area (Å²) in [6.45, 7) is -0.163. The van der Waals surface area contributed by atoms with Gasteiger partial charge in [-0.3, -0.25) is 0 Å². The number of halogens is 6. The Morgan fingerprint density at radius 2 is 1.76 bits per heavy atom. The molecular weight excluding hydrogens is 304 g/mol. The van der Waals surface area contributed by atoms with Crippen LogP contribution in [0, 0.1) is 0 Å². The lowest BCUT2D eigenvalue weighted by Gasteiger charge is -2.27. The molecule has 1 amide bonds. The van der Waals surface area contributed by atoms with E-state index >= 15 is 0 Å². The lowest BCUT2D eigenvalue weighted by atomic mass is 9.95. The molecule has 1 fully saturated rings. The van der Waals surface area contributed by atoms with E-state index in [0.717, 1.165) is 0 Å². The van der Waals surface area contributed by atoms with E-state index in [2.05, 4.69) is 10.1 Å². The Balaban J connectivity index is 2.50. The molecule has 0 radical (unpaired) electrons. The number of hydrogen-bond donors (Lipinski definition) is 1. The van der Waals surface area contributed by atoms with Crippen LogP contribution in [0.15, 0.2) is 18.2 Å². The van der Waals surface area contributed by atoms with Gasteiger partial charge in [0.15, 0.2) is 0 Å². The lowest BCUT2D eigenvalue weighted by molar-refractivity contribution is -0.142. The summed E-state index contributed by atoms with van der Waals surface area (Å²) in [5, 5.41) is 2.10. The van der Waals surface area contributed by atoms with Gasteiger partial charge in [-0.15, -0.1) is 0 Å². The van der Waals surface area contributed by atoms with Gasteiger partial charge in [-0.2, -0.15) is 26.3 Å². The maximum absolute atomic E-state index is 12.9. The van der Waals surface area contributed by atoms with Crippen molar-refractivity contribution in [1.29, 1.82) is 0 Å². The number of nitrogens with one attached hydrogen (secondary N) is 1. The molecule has 0 bridgehead atoms. The van der Waals surface area contributed by atoms with Crippen LogP contribution in [0.3, 0.4) is 0 Å². The third-order valence-electron chi connectivity index (χ3n) is 2.99. The standard InChI is InChI=1S/C12H9F6NO2/c13-11(14,15)6-1-2-8(12(16,17)18)7(5-6)9-3-4-21-10(20)19-9/h1-2,5,9H,3-4H2,(H,19,20)/t9-/m0/s1. The van der Waals surface area contributed by atoms with Gasteiger partial charge in [-0.1, -0.05) is 0 Å². The quantitative estimate of drug-likeness (QED) is 0.799. The fraction of sp³-hybridized carbons (Fsp3) is 0.417. The zero-order chi connectivity index (χ0) is 15.8. The van der Waals surface area contributed by atoms with Gasteiger partial charge in [0.2, 0.25) is 0 Å². The van der Waals surface area contributed by atoms with Crippen molar-refractivity contribution in [2.24, 2.45) is 0 Å². The van der Waals surface area contributed by atoms with Crippen LogP contribution >= 0.6 is 0 Å². The van der Waals surface area contributed by atoms with Gasteiger partial charge in [0.05, 0.1) is 23.8 Å². The molecular formula is C12H9F6NO2. The number of benzene rings is 1. The number of alkyl halides is 6. The van der Waals surface area contributed by atoms with Crippen molar-refractivity contribution in [3.05, 3.63) is 34.9 Å². The van der Waals surface area contributed by atoms with Gasteiger partial charge >= 0.3 is 18.4 Å². The van der Waals surface area contributed by atoms with E-state index in [9.17, 15) is 31.1 Å². The van der Waals surface area contributed by atoms with Gasteiger partial charge in [0, 0.05) is 6.42 Å². The molecule has 9 heteroatoms. The van der Waals surface area contributed by atoms with Crippen LogP contribution in [0.5, 0.6) is 0 Å². The van der Waals surface area contributed by atoms with E-state index < -0.39 is 41.2 Å². The summed E-state index contributed by atoms with van der Waals surface area (Å²) in [5.74, 6) is 0. The number of carbonyl (C=O) groups excluding carboxylic acids is 1. The predicted octanol–water partition coefficient (Wildman–Crippen LogP) is 3.90. The normalized spacial score (nSPS) is 19.9. The number of ether oxygens (including phenoxy) is 1. The topological polar surface area (TPSA) is 38.3 Å². The average molecular weight is 313 g/mol. The van der Waals surface area contributed by atoms with Crippen LogP contribution in [0.1, 0.15) is 29.2 Å². The van der Waals surface area contributed by atoms with Gasteiger partial charge in [0.25, 0.3) is 0 Å². The van der Waals surface area contributed by atoms with Crippen LogP contribution in [0.4, 0.5) is 31.1 Å². The largest absolute Gasteiger partial charge is 0.449 e. The third kappa shape index (κ3) is 3.40. The van der Waals surface area contributed by atoms with E-state index in [4.69, 9.17) is 0 Å². The number of rotatable bonds is 1.